The number of hydrogen-bond donors (Lipinski definition) is 3. The van der Waals surface area contributed by atoms with Gasteiger partial charge in [0.2, 0.25) is 0 Å². The summed E-state index contributed by atoms with van der Waals surface area (Å²) in [5.74, 6) is 0.938. The molecule has 1 aromatic heterocycles. The topological polar surface area (TPSA) is 91.3 Å². The molecule has 4 aliphatic carbocycles. The molecule has 0 saturated heterocycles. The molecule has 4 fully saturated rings. The Morgan fingerprint density at radius 1 is 1.00 bits per heavy atom. The zero-order chi connectivity index (χ0) is 24.2. The standard InChI is InChI=1S/C27H26ClN3O3S/c28-20-3-1-2-4-21(20)31-26(34)30-19-7-5-17(6-8-19)22-14-29-24(35-22)23-18-10-15-9-16(11-18)13-27(23,12-15)25(32)33/h1-8,14-16,18,23H,9-13H2,(H,32,33)(H2,30,31,34). The Hall–Kier alpha value is -2.90. The fourth-order valence-corrected chi connectivity index (χ4v) is 8.33. The van der Waals surface area contributed by atoms with Gasteiger partial charge in [0.25, 0.3) is 0 Å². The van der Waals surface area contributed by atoms with Crippen LogP contribution in [-0.2, 0) is 4.79 Å². The molecule has 3 N–H and O–H groups in total. The van der Waals surface area contributed by atoms with E-state index < -0.39 is 11.4 Å². The fraction of sp³-hybridized carbons (Fsp3) is 0.370. The normalized spacial score (nSPS) is 28.6. The highest BCUT2D eigenvalue weighted by atomic mass is 35.5. The summed E-state index contributed by atoms with van der Waals surface area (Å²) >= 11 is 7.72. The number of aromatic nitrogens is 1. The zero-order valence-electron chi connectivity index (χ0n) is 19.0. The van der Waals surface area contributed by atoms with Gasteiger partial charge in [0.05, 0.1) is 26.0 Å². The number of carbonyl (C=O) groups is 2. The second kappa shape index (κ2) is 8.64. The van der Waals surface area contributed by atoms with E-state index in [1.165, 1.54) is 6.42 Å². The van der Waals surface area contributed by atoms with Gasteiger partial charge in [-0.25, -0.2) is 9.78 Å². The Kier molecular flexibility index (Phi) is 5.57. The molecule has 4 bridgehead atoms. The smallest absolute Gasteiger partial charge is 0.323 e. The van der Waals surface area contributed by atoms with Crippen LogP contribution in [0.3, 0.4) is 0 Å². The predicted molar refractivity (Wildman–Crippen MR) is 138 cm³/mol. The van der Waals surface area contributed by atoms with E-state index in [0.29, 0.717) is 34.2 Å². The minimum absolute atomic E-state index is 0.0148. The number of nitrogens with one attached hydrogen (secondary N) is 2. The Balaban J connectivity index is 1.18. The number of aliphatic carboxylic acids is 1. The second-order valence-electron chi connectivity index (χ2n) is 10.2. The highest BCUT2D eigenvalue weighted by Crippen LogP contribution is 2.66. The highest BCUT2D eigenvalue weighted by Gasteiger charge is 2.62. The number of carboxylic acid groups (broad SMARTS) is 1. The molecule has 4 saturated carbocycles. The monoisotopic (exact) mass is 507 g/mol. The van der Waals surface area contributed by atoms with Crippen LogP contribution in [0.1, 0.15) is 43.0 Å². The van der Waals surface area contributed by atoms with E-state index in [9.17, 15) is 14.7 Å². The van der Waals surface area contributed by atoms with E-state index in [1.807, 2.05) is 30.5 Å². The average molecular weight is 508 g/mol. The maximum absolute atomic E-state index is 12.5. The van der Waals surface area contributed by atoms with Gasteiger partial charge in [0, 0.05) is 17.8 Å². The van der Waals surface area contributed by atoms with Crippen molar-refractivity contribution in [2.45, 2.75) is 38.0 Å². The lowest BCUT2D eigenvalue weighted by Crippen LogP contribution is -2.55. The van der Waals surface area contributed by atoms with Crippen molar-refractivity contribution < 1.29 is 14.7 Å². The van der Waals surface area contributed by atoms with Crippen molar-refractivity contribution in [2.75, 3.05) is 10.6 Å². The number of rotatable bonds is 5. The lowest BCUT2D eigenvalue weighted by molar-refractivity contribution is -0.169. The molecule has 7 rings (SSSR count). The Morgan fingerprint density at radius 2 is 1.71 bits per heavy atom. The van der Waals surface area contributed by atoms with E-state index in [1.54, 1.807) is 35.6 Å². The summed E-state index contributed by atoms with van der Waals surface area (Å²) in [5, 5.41) is 17.3. The van der Waals surface area contributed by atoms with Crippen LogP contribution in [-0.4, -0.2) is 22.1 Å². The third-order valence-electron chi connectivity index (χ3n) is 8.08. The van der Waals surface area contributed by atoms with Gasteiger partial charge in [-0.1, -0.05) is 35.9 Å². The largest absolute Gasteiger partial charge is 0.481 e. The van der Waals surface area contributed by atoms with Crippen LogP contribution in [0.5, 0.6) is 0 Å². The molecule has 3 atom stereocenters. The number of thiazole rings is 1. The van der Waals surface area contributed by atoms with Crippen molar-refractivity contribution in [2.24, 2.45) is 23.2 Å². The van der Waals surface area contributed by atoms with Gasteiger partial charge in [0.15, 0.2) is 0 Å². The molecule has 2 aromatic carbocycles. The third-order valence-corrected chi connectivity index (χ3v) is 9.54. The minimum atomic E-state index is -0.646. The number of carboxylic acids is 1. The van der Waals surface area contributed by atoms with E-state index in [4.69, 9.17) is 16.6 Å². The van der Waals surface area contributed by atoms with E-state index in [-0.39, 0.29) is 11.9 Å². The van der Waals surface area contributed by atoms with Crippen LogP contribution in [0, 0.1) is 23.2 Å². The number of urea groups is 1. The molecule has 3 unspecified atom stereocenters. The molecule has 0 radical (unpaired) electrons. The van der Waals surface area contributed by atoms with Gasteiger partial charge in [-0.05, 0) is 79.7 Å². The van der Waals surface area contributed by atoms with Crippen LogP contribution >= 0.6 is 22.9 Å². The lowest BCUT2D eigenvalue weighted by atomic mass is 9.45. The number of amides is 2. The van der Waals surface area contributed by atoms with Crippen molar-refractivity contribution in [1.29, 1.82) is 0 Å². The third kappa shape index (κ3) is 4.00. The summed E-state index contributed by atoms with van der Waals surface area (Å²) in [4.78, 5) is 30.6. The van der Waals surface area contributed by atoms with Crippen LogP contribution < -0.4 is 10.6 Å². The van der Waals surface area contributed by atoms with Gasteiger partial charge in [0.1, 0.15) is 0 Å². The van der Waals surface area contributed by atoms with Crippen LogP contribution in [0.15, 0.2) is 54.7 Å². The number of hydrogen-bond acceptors (Lipinski definition) is 4. The highest BCUT2D eigenvalue weighted by molar-refractivity contribution is 7.15. The maximum Gasteiger partial charge on any atom is 0.323 e. The summed E-state index contributed by atoms with van der Waals surface area (Å²) < 4.78 is 0. The van der Waals surface area contributed by atoms with Crippen LogP contribution in [0.4, 0.5) is 16.2 Å². The molecular formula is C27H26ClN3O3S. The number of nitrogens with zero attached hydrogens (tertiary/aromatic N) is 1. The summed E-state index contributed by atoms with van der Waals surface area (Å²) in [5.41, 5.74) is 1.56. The first-order valence-corrected chi connectivity index (χ1v) is 13.2. The first-order valence-electron chi connectivity index (χ1n) is 12.0. The number of para-hydroxylation sites is 1. The minimum Gasteiger partial charge on any atom is -0.481 e. The molecule has 4 aliphatic rings. The summed E-state index contributed by atoms with van der Waals surface area (Å²) in [6.07, 6.45) is 6.95. The van der Waals surface area contributed by atoms with Gasteiger partial charge in [-0.15, -0.1) is 11.3 Å². The summed E-state index contributed by atoms with van der Waals surface area (Å²) in [6, 6.07) is 14.3. The van der Waals surface area contributed by atoms with E-state index in [0.717, 1.165) is 41.1 Å². The number of anilines is 2. The van der Waals surface area contributed by atoms with Crippen molar-refractivity contribution >= 4 is 46.3 Å². The first kappa shape index (κ1) is 22.6. The second-order valence-corrected chi connectivity index (χ2v) is 11.7. The van der Waals surface area contributed by atoms with Crippen LogP contribution in [0.25, 0.3) is 10.4 Å². The molecule has 180 valence electrons. The maximum atomic E-state index is 12.5. The molecular weight excluding hydrogens is 482 g/mol. The average Bonchev–Trinajstić information content (AvgIpc) is 3.30. The van der Waals surface area contributed by atoms with Crippen molar-refractivity contribution in [3.05, 3.63) is 64.8 Å². The van der Waals surface area contributed by atoms with Crippen LogP contribution in [0.2, 0.25) is 5.02 Å². The zero-order valence-corrected chi connectivity index (χ0v) is 20.6. The lowest BCUT2D eigenvalue weighted by Gasteiger charge is -2.58. The van der Waals surface area contributed by atoms with Gasteiger partial charge in [-0.2, -0.15) is 0 Å². The van der Waals surface area contributed by atoms with Gasteiger partial charge in [-0.3, -0.25) is 4.79 Å². The number of benzene rings is 2. The van der Waals surface area contributed by atoms with E-state index >= 15 is 0 Å². The first-order chi connectivity index (χ1) is 16.9. The quantitative estimate of drug-likeness (QED) is 0.343. The van der Waals surface area contributed by atoms with Gasteiger partial charge >= 0.3 is 12.0 Å². The Morgan fingerprint density at radius 3 is 2.40 bits per heavy atom. The molecule has 0 spiro atoms. The number of halogens is 1. The number of carbonyl (C=O) groups excluding carboxylic acids is 1. The Labute approximate surface area is 212 Å². The van der Waals surface area contributed by atoms with Gasteiger partial charge < -0.3 is 15.7 Å². The molecule has 0 aliphatic heterocycles. The Bertz CT molecular complexity index is 1280. The summed E-state index contributed by atoms with van der Waals surface area (Å²) in [7, 11) is 0. The van der Waals surface area contributed by atoms with Crippen molar-refractivity contribution in [3.63, 3.8) is 0 Å². The predicted octanol–water partition coefficient (Wildman–Crippen LogP) is 7.10. The molecule has 8 heteroatoms. The molecule has 2 amide bonds. The molecule has 6 nitrogen and oxygen atoms in total. The molecule has 35 heavy (non-hydrogen) atoms. The fourth-order valence-electron chi connectivity index (χ4n) is 6.92. The SMILES string of the molecule is O=C(Nc1ccc(-c2cnc(C3C4CC5CC(C4)CC3(C(=O)O)C5)s2)cc1)Nc1ccccc1Cl. The summed E-state index contributed by atoms with van der Waals surface area (Å²) in [6.45, 7) is 0. The molecule has 1 heterocycles. The van der Waals surface area contributed by atoms with E-state index in [2.05, 4.69) is 10.6 Å². The molecule has 3 aromatic rings. The van der Waals surface area contributed by atoms with Crippen molar-refractivity contribution in [1.82, 2.24) is 4.98 Å². The van der Waals surface area contributed by atoms with Crippen molar-refractivity contribution in [3.8, 4) is 10.4 Å².